The molecule has 0 radical (unpaired) electrons. The number of aliphatic hydroxyl groups is 1. The Hall–Kier alpha value is -0.340. The molecule has 12 heavy (non-hydrogen) atoms. The van der Waals surface area contributed by atoms with Crippen molar-refractivity contribution >= 4 is 0 Å². The number of rotatable bonds is 3. The summed E-state index contributed by atoms with van der Waals surface area (Å²) in [5, 5.41) is 9.44. The van der Waals surface area contributed by atoms with Crippen LogP contribution in [0.5, 0.6) is 0 Å². The van der Waals surface area contributed by atoms with Crippen molar-refractivity contribution in [2.45, 2.75) is 38.4 Å². The Morgan fingerprint density at radius 2 is 2.25 bits per heavy atom. The van der Waals surface area contributed by atoms with Crippen LogP contribution in [-0.4, -0.2) is 24.4 Å². The van der Waals surface area contributed by atoms with Gasteiger partial charge >= 0.3 is 0 Å². The van der Waals surface area contributed by atoms with E-state index in [1.807, 2.05) is 6.08 Å². The molecule has 0 aromatic rings. The lowest BCUT2D eigenvalue weighted by molar-refractivity contribution is -0.00576. The minimum Gasteiger partial charge on any atom is -0.386 e. The van der Waals surface area contributed by atoms with Crippen molar-refractivity contribution in [3.63, 3.8) is 0 Å². The zero-order valence-corrected chi connectivity index (χ0v) is 7.86. The third-order valence-electron chi connectivity index (χ3n) is 2.46. The Kier molecular flexibility index (Phi) is 3.76. The molecule has 0 fully saturated rings. The van der Waals surface area contributed by atoms with Crippen LogP contribution in [0.3, 0.4) is 0 Å². The van der Waals surface area contributed by atoms with E-state index in [1.165, 1.54) is 12.8 Å². The molecule has 1 rings (SSSR count). The summed E-state index contributed by atoms with van der Waals surface area (Å²) < 4.78 is 5.18. The average molecular weight is 170 g/mol. The van der Waals surface area contributed by atoms with Crippen molar-refractivity contribution in [2.75, 3.05) is 7.11 Å². The molecule has 1 aliphatic carbocycles. The van der Waals surface area contributed by atoms with Crippen LogP contribution in [0, 0.1) is 5.92 Å². The number of allylic oxidation sites excluding steroid dienone is 1. The van der Waals surface area contributed by atoms with Crippen molar-refractivity contribution in [2.24, 2.45) is 5.92 Å². The minimum absolute atomic E-state index is 0.00606. The van der Waals surface area contributed by atoms with Gasteiger partial charge in [0, 0.05) is 7.11 Å². The monoisotopic (exact) mass is 170 g/mol. The lowest BCUT2D eigenvalue weighted by Gasteiger charge is -2.27. The lowest BCUT2D eigenvalue weighted by Crippen LogP contribution is -2.31. The Morgan fingerprint density at radius 1 is 1.50 bits per heavy atom. The van der Waals surface area contributed by atoms with Crippen molar-refractivity contribution < 1.29 is 9.84 Å². The van der Waals surface area contributed by atoms with Crippen LogP contribution < -0.4 is 0 Å². The molecule has 0 saturated heterocycles. The molecule has 1 aliphatic rings. The molecule has 0 amide bonds. The van der Waals surface area contributed by atoms with Crippen molar-refractivity contribution in [3.05, 3.63) is 12.2 Å². The van der Waals surface area contributed by atoms with Gasteiger partial charge in [-0.05, 0) is 18.8 Å². The summed E-state index contributed by atoms with van der Waals surface area (Å²) in [6, 6.07) is 0. The molecule has 0 aromatic heterocycles. The lowest BCUT2D eigenvalue weighted by atomic mass is 9.89. The number of methoxy groups -OCH3 is 1. The summed E-state index contributed by atoms with van der Waals surface area (Å²) in [6.45, 7) is 2.18. The Balaban J connectivity index is 2.46. The summed E-state index contributed by atoms with van der Waals surface area (Å²) in [6.07, 6.45) is 6.93. The van der Waals surface area contributed by atoms with Crippen LogP contribution in [0.25, 0.3) is 0 Å². The highest BCUT2D eigenvalue weighted by Gasteiger charge is 2.23. The summed E-state index contributed by atoms with van der Waals surface area (Å²) >= 11 is 0. The summed E-state index contributed by atoms with van der Waals surface area (Å²) in [5.41, 5.74) is 0. The predicted octanol–water partition coefficient (Wildman–Crippen LogP) is 1.74. The Labute approximate surface area is 74.2 Å². The molecule has 0 spiro atoms. The normalized spacial score (nSPS) is 35.4. The largest absolute Gasteiger partial charge is 0.386 e. The number of hydrogen-bond acceptors (Lipinski definition) is 2. The fraction of sp³-hybridized carbons (Fsp3) is 0.800. The second kappa shape index (κ2) is 4.63. The predicted molar refractivity (Wildman–Crippen MR) is 49.0 cm³/mol. The topological polar surface area (TPSA) is 29.5 Å². The van der Waals surface area contributed by atoms with Crippen molar-refractivity contribution in [1.29, 1.82) is 0 Å². The molecule has 2 nitrogen and oxygen atoms in total. The first-order chi connectivity index (χ1) is 5.77. The van der Waals surface area contributed by atoms with Crippen LogP contribution >= 0.6 is 0 Å². The third-order valence-corrected chi connectivity index (χ3v) is 2.46. The van der Waals surface area contributed by atoms with E-state index in [9.17, 15) is 5.11 Å². The highest BCUT2D eigenvalue weighted by molar-refractivity contribution is 5.02. The van der Waals surface area contributed by atoms with Gasteiger partial charge in [-0.25, -0.2) is 0 Å². The molecule has 0 heterocycles. The van der Waals surface area contributed by atoms with E-state index in [2.05, 4.69) is 13.0 Å². The van der Waals surface area contributed by atoms with Gasteiger partial charge in [0.2, 0.25) is 0 Å². The molecule has 3 unspecified atom stereocenters. The maximum atomic E-state index is 9.44. The van der Waals surface area contributed by atoms with E-state index in [0.29, 0.717) is 5.92 Å². The first-order valence-corrected chi connectivity index (χ1v) is 4.67. The fourth-order valence-corrected chi connectivity index (χ4v) is 1.73. The second-order valence-corrected chi connectivity index (χ2v) is 3.43. The summed E-state index contributed by atoms with van der Waals surface area (Å²) in [5.74, 6) is 0.600. The first-order valence-electron chi connectivity index (χ1n) is 4.67. The molecule has 0 saturated carbocycles. The van der Waals surface area contributed by atoms with Gasteiger partial charge in [-0.1, -0.05) is 25.5 Å². The molecule has 0 bridgehead atoms. The minimum atomic E-state index is -0.400. The number of ether oxygens (including phenoxy) is 1. The Morgan fingerprint density at radius 3 is 2.83 bits per heavy atom. The van der Waals surface area contributed by atoms with Crippen LogP contribution in [0.2, 0.25) is 0 Å². The van der Waals surface area contributed by atoms with E-state index in [1.54, 1.807) is 7.11 Å². The fourth-order valence-electron chi connectivity index (χ4n) is 1.73. The van der Waals surface area contributed by atoms with Crippen molar-refractivity contribution in [1.82, 2.24) is 0 Å². The van der Waals surface area contributed by atoms with E-state index >= 15 is 0 Å². The van der Waals surface area contributed by atoms with Gasteiger partial charge in [0.1, 0.15) is 0 Å². The smallest absolute Gasteiger partial charge is 0.0982 e. The van der Waals surface area contributed by atoms with Gasteiger partial charge in [0.05, 0.1) is 12.2 Å². The third kappa shape index (κ3) is 2.32. The molecule has 3 atom stereocenters. The zero-order chi connectivity index (χ0) is 8.97. The second-order valence-electron chi connectivity index (χ2n) is 3.43. The molecule has 70 valence electrons. The van der Waals surface area contributed by atoms with Gasteiger partial charge in [-0.3, -0.25) is 0 Å². The van der Waals surface area contributed by atoms with Crippen molar-refractivity contribution in [3.8, 4) is 0 Å². The maximum absolute atomic E-state index is 9.44. The van der Waals surface area contributed by atoms with Crippen LogP contribution in [-0.2, 0) is 4.74 Å². The first kappa shape index (κ1) is 9.75. The Bertz CT molecular complexity index is 154. The molecule has 1 N–H and O–H groups in total. The maximum Gasteiger partial charge on any atom is 0.0982 e. The van der Waals surface area contributed by atoms with E-state index in [-0.39, 0.29) is 6.10 Å². The summed E-state index contributed by atoms with van der Waals surface area (Å²) in [4.78, 5) is 0. The van der Waals surface area contributed by atoms with Crippen LogP contribution in [0.1, 0.15) is 26.2 Å². The quantitative estimate of drug-likeness (QED) is 0.654. The van der Waals surface area contributed by atoms with Gasteiger partial charge in [0.15, 0.2) is 0 Å². The summed E-state index contributed by atoms with van der Waals surface area (Å²) in [7, 11) is 1.66. The molecule has 0 aliphatic heterocycles. The van der Waals surface area contributed by atoms with Gasteiger partial charge in [-0.2, -0.15) is 0 Å². The highest BCUT2D eigenvalue weighted by Crippen LogP contribution is 2.23. The zero-order valence-electron chi connectivity index (χ0n) is 7.86. The van der Waals surface area contributed by atoms with Crippen LogP contribution in [0.15, 0.2) is 12.2 Å². The van der Waals surface area contributed by atoms with Gasteiger partial charge < -0.3 is 9.84 Å². The number of hydrogen-bond donors (Lipinski definition) is 1. The molecular weight excluding hydrogens is 152 g/mol. The van der Waals surface area contributed by atoms with Gasteiger partial charge in [-0.15, -0.1) is 0 Å². The standard InChI is InChI=1S/C10H18O2/c1-3-4-8-5-6-9(11)10(7-8)12-2/h5-6,8-11H,3-4,7H2,1-2H3. The van der Waals surface area contributed by atoms with E-state index in [4.69, 9.17) is 4.74 Å². The molecule has 0 aromatic carbocycles. The average Bonchev–Trinajstić information content (AvgIpc) is 2.09. The SMILES string of the molecule is CCCC1C=CC(O)C(OC)C1. The van der Waals surface area contributed by atoms with E-state index in [0.717, 1.165) is 6.42 Å². The number of aliphatic hydroxyl groups excluding tert-OH is 1. The van der Waals surface area contributed by atoms with Gasteiger partial charge in [0.25, 0.3) is 0 Å². The van der Waals surface area contributed by atoms with E-state index < -0.39 is 6.10 Å². The molecule has 2 heteroatoms. The van der Waals surface area contributed by atoms with Crippen LogP contribution in [0.4, 0.5) is 0 Å². The highest BCUT2D eigenvalue weighted by atomic mass is 16.5. The molecular formula is C10H18O2.